The van der Waals surface area contributed by atoms with Gasteiger partial charge in [0.15, 0.2) is 0 Å². The van der Waals surface area contributed by atoms with Gasteiger partial charge in [-0.2, -0.15) is 0 Å². The zero-order chi connectivity index (χ0) is 23.6. The van der Waals surface area contributed by atoms with Crippen molar-refractivity contribution in [1.29, 1.82) is 0 Å². The van der Waals surface area contributed by atoms with Gasteiger partial charge in [0, 0.05) is 17.5 Å². The quantitative estimate of drug-likeness (QED) is 0.439. The summed E-state index contributed by atoms with van der Waals surface area (Å²) in [4.78, 5) is 44.4. The van der Waals surface area contributed by atoms with Crippen LogP contribution in [-0.2, 0) is 20.7 Å². The molecular weight excluding hydrogens is 436 g/mol. The molecule has 6 nitrogen and oxygen atoms in total. The van der Waals surface area contributed by atoms with Crippen LogP contribution in [0.25, 0.3) is 0 Å². The normalized spacial score (nSPS) is 12.4. The van der Waals surface area contributed by atoms with Crippen molar-refractivity contribution in [2.24, 2.45) is 5.92 Å². The number of anilines is 1. The van der Waals surface area contributed by atoms with E-state index in [1.54, 1.807) is 43.6 Å². The number of benzene rings is 2. The number of carbonyl (C=O) groups is 3. The summed E-state index contributed by atoms with van der Waals surface area (Å²) in [5.41, 5.74) is 2.05. The number of pyridine rings is 1. The summed E-state index contributed by atoms with van der Waals surface area (Å²) in [5, 5.41) is -0.101. The SMILES string of the molecule is COC(=O)C(C)N(C(=O)C(CSC(=O)c1ccccc1)Cc1ccccc1)c1cccnc1. The fourth-order valence-electron chi connectivity index (χ4n) is 3.46. The zero-order valence-corrected chi connectivity index (χ0v) is 19.4. The molecule has 3 aromatic rings. The molecule has 2 aromatic carbocycles. The lowest BCUT2D eigenvalue weighted by Gasteiger charge is -2.31. The van der Waals surface area contributed by atoms with E-state index in [0.717, 1.165) is 17.3 Å². The molecule has 0 saturated carbocycles. The van der Waals surface area contributed by atoms with Crippen molar-refractivity contribution in [2.75, 3.05) is 17.8 Å². The van der Waals surface area contributed by atoms with E-state index >= 15 is 0 Å². The molecule has 3 rings (SSSR count). The number of nitrogens with zero attached hydrogens (tertiary/aromatic N) is 2. The molecule has 0 aliphatic carbocycles. The minimum Gasteiger partial charge on any atom is -0.467 e. The van der Waals surface area contributed by atoms with Crippen molar-refractivity contribution in [2.45, 2.75) is 19.4 Å². The Morgan fingerprint density at radius 2 is 1.64 bits per heavy atom. The van der Waals surface area contributed by atoms with Crippen LogP contribution in [0.3, 0.4) is 0 Å². The molecule has 1 amide bonds. The van der Waals surface area contributed by atoms with Gasteiger partial charge in [-0.05, 0) is 31.0 Å². The largest absolute Gasteiger partial charge is 0.467 e. The summed E-state index contributed by atoms with van der Waals surface area (Å²) >= 11 is 1.11. The van der Waals surface area contributed by atoms with E-state index in [1.807, 2.05) is 48.5 Å². The molecule has 0 aliphatic heterocycles. The van der Waals surface area contributed by atoms with Crippen molar-refractivity contribution < 1.29 is 19.1 Å². The van der Waals surface area contributed by atoms with E-state index in [1.165, 1.54) is 12.0 Å². The standard InChI is InChI=1S/C26H26N2O4S/c1-19(25(30)32-2)28(23-14-9-15-27-17-23)24(29)22(16-20-10-5-3-6-11-20)18-33-26(31)21-12-7-4-8-13-21/h3-15,17,19,22H,16,18H2,1-2H3. The zero-order valence-electron chi connectivity index (χ0n) is 18.6. The van der Waals surface area contributed by atoms with E-state index in [4.69, 9.17) is 4.74 Å². The van der Waals surface area contributed by atoms with Crippen LogP contribution in [-0.4, -0.2) is 40.9 Å². The van der Waals surface area contributed by atoms with Crippen LogP contribution >= 0.6 is 11.8 Å². The van der Waals surface area contributed by atoms with Gasteiger partial charge in [0.25, 0.3) is 0 Å². The molecule has 0 spiro atoms. The number of esters is 1. The Hall–Kier alpha value is -3.45. The number of aromatic nitrogens is 1. The van der Waals surface area contributed by atoms with Gasteiger partial charge >= 0.3 is 5.97 Å². The molecule has 1 heterocycles. The Bertz CT molecular complexity index is 1060. The number of ether oxygens (including phenoxy) is 1. The van der Waals surface area contributed by atoms with Crippen LogP contribution in [0.15, 0.2) is 85.2 Å². The number of rotatable bonds is 9. The first-order valence-corrected chi connectivity index (χ1v) is 11.6. The lowest BCUT2D eigenvalue weighted by molar-refractivity contribution is -0.143. The van der Waals surface area contributed by atoms with E-state index in [-0.39, 0.29) is 16.8 Å². The Morgan fingerprint density at radius 1 is 0.970 bits per heavy atom. The maximum Gasteiger partial charge on any atom is 0.328 e. The third-order valence-corrected chi connectivity index (χ3v) is 6.26. The van der Waals surface area contributed by atoms with Crippen molar-refractivity contribution in [3.05, 3.63) is 96.3 Å². The fraction of sp³-hybridized carbons (Fsp3) is 0.231. The van der Waals surface area contributed by atoms with Crippen molar-refractivity contribution in [3.63, 3.8) is 0 Å². The molecule has 33 heavy (non-hydrogen) atoms. The summed E-state index contributed by atoms with van der Waals surface area (Å²) in [6.45, 7) is 1.62. The maximum absolute atomic E-state index is 13.8. The predicted molar refractivity (Wildman–Crippen MR) is 130 cm³/mol. The molecule has 0 fully saturated rings. The predicted octanol–water partition coefficient (Wildman–Crippen LogP) is 4.41. The minimum absolute atomic E-state index is 0.101. The second-order valence-corrected chi connectivity index (χ2v) is 8.46. The van der Waals surface area contributed by atoms with Gasteiger partial charge < -0.3 is 4.74 Å². The number of hydrogen-bond acceptors (Lipinski definition) is 6. The minimum atomic E-state index is -0.847. The first-order valence-electron chi connectivity index (χ1n) is 10.6. The lowest BCUT2D eigenvalue weighted by Crippen LogP contribution is -2.48. The topological polar surface area (TPSA) is 76.6 Å². The van der Waals surface area contributed by atoms with E-state index < -0.39 is 17.9 Å². The third-order valence-electron chi connectivity index (χ3n) is 5.19. The summed E-state index contributed by atoms with van der Waals surface area (Å²) in [5.74, 6) is -1.07. The Labute approximate surface area is 198 Å². The van der Waals surface area contributed by atoms with Gasteiger partial charge in [-0.25, -0.2) is 4.79 Å². The molecule has 0 radical (unpaired) electrons. The van der Waals surface area contributed by atoms with Crippen LogP contribution in [0.5, 0.6) is 0 Å². The van der Waals surface area contributed by atoms with Gasteiger partial charge in [-0.3, -0.25) is 19.5 Å². The van der Waals surface area contributed by atoms with E-state index in [2.05, 4.69) is 4.98 Å². The number of methoxy groups -OCH3 is 1. The smallest absolute Gasteiger partial charge is 0.328 e. The molecule has 2 atom stereocenters. The second kappa shape index (κ2) is 12.0. The fourth-order valence-corrected chi connectivity index (χ4v) is 4.38. The first-order chi connectivity index (χ1) is 16.0. The number of carbonyl (C=O) groups excluding carboxylic acids is 3. The molecular formula is C26H26N2O4S. The molecule has 2 unspecified atom stereocenters. The summed E-state index contributed by atoms with van der Waals surface area (Å²) in [7, 11) is 1.29. The number of hydrogen-bond donors (Lipinski definition) is 0. The second-order valence-electron chi connectivity index (χ2n) is 7.47. The Balaban J connectivity index is 1.89. The number of amides is 1. The highest BCUT2D eigenvalue weighted by Crippen LogP contribution is 2.25. The average Bonchev–Trinajstić information content (AvgIpc) is 2.87. The molecule has 0 N–H and O–H groups in total. The highest BCUT2D eigenvalue weighted by molar-refractivity contribution is 8.14. The monoisotopic (exact) mass is 462 g/mol. The van der Waals surface area contributed by atoms with Crippen LogP contribution in [0.1, 0.15) is 22.8 Å². The van der Waals surface area contributed by atoms with Gasteiger partial charge in [-0.15, -0.1) is 0 Å². The van der Waals surface area contributed by atoms with Gasteiger partial charge in [0.05, 0.1) is 24.9 Å². The molecule has 1 aromatic heterocycles. The van der Waals surface area contributed by atoms with Crippen molar-refractivity contribution >= 4 is 34.4 Å². The van der Waals surface area contributed by atoms with E-state index in [0.29, 0.717) is 17.7 Å². The van der Waals surface area contributed by atoms with Crippen molar-refractivity contribution in [1.82, 2.24) is 4.98 Å². The average molecular weight is 463 g/mol. The summed E-state index contributed by atoms with van der Waals surface area (Å²) < 4.78 is 4.91. The molecule has 7 heteroatoms. The maximum atomic E-state index is 13.8. The van der Waals surface area contributed by atoms with E-state index in [9.17, 15) is 14.4 Å². The van der Waals surface area contributed by atoms with Crippen LogP contribution in [0, 0.1) is 5.92 Å². The molecule has 170 valence electrons. The van der Waals surface area contributed by atoms with Crippen LogP contribution in [0.4, 0.5) is 5.69 Å². The highest BCUT2D eigenvalue weighted by atomic mass is 32.2. The third kappa shape index (κ3) is 6.52. The Kier molecular flexibility index (Phi) is 8.78. The lowest BCUT2D eigenvalue weighted by atomic mass is 9.98. The summed E-state index contributed by atoms with van der Waals surface area (Å²) in [6, 6.07) is 21.2. The van der Waals surface area contributed by atoms with Gasteiger partial charge in [0.2, 0.25) is 11.0 Å². The van der Waals surface area contributed by atoms with Crippen LogP contribution < -0.4 is 4.90 Å². The summed E-state index contributed by atoms with van der Waals surface area (Å²) in [6.07, 6.45) is 3.57. The van der Waals surface area contributed by atoms with Crippen molar-refractivity contribution in [3.8, 4) is 0 Å². The first kappa shape index (κ1) is 24.2. The van der Waals surface area contributed by atoms with Gasteiger partial charge in [0.1, 0.15) is 6.04 Å². The Morgan fingerprint density at radius 3 is 2.24 bits per heavy atom. The van der Waals surface area contributed by atoms with Gasteiger partial charge in [-0.1, -0.05) is 72.4 Å². The van der Waals surface area contributed by atoms with Crippen LogP contribution in [0.2, 0.25) is 0 Å². The molecule has 0 aliphatic rings. The highest BCUT2D eigenvalue weighted by Gasteiger charge is 2.33. The number of thioether (sulfide) groups is 1. The molecule has 0 bridgehead atoms. The molecule has 0 saturated heterocycles.